The van der Waals surface area contributed by atoms with Gasteiger partial charge in [0.2, 0.25) is 0 Å². The summed E-state index contributed by atoms with van der Waals surface area (Å²) in [4.78, 5) is 12.5. The van der Waals surface area contributed by atoms with Gasteiger partial charge in [-0.25, -0.2) is 0 Å². The molecule has 0 bridgehead atoms. The molecule has 2 rings (SSSR count). The first-order chi connectivity index (χ1) is 7.16. The molecule has 4 nitrogen and oxygen atoms in total. The smallest absolute Gasteiger partial charge is 0.266 e. The van der Waals surface area contributed by atoms with Crippen molar-refractivity contribution in [1.82, 2.24) is 9.78 Å². The highest BCUT2D eigenvalue weighted by atomic mass is 127. The summed E-state index contributed by atoms with van der Waals surface area (Å²) in [5.41, 5.74) is 0.715. The average molecular weight is 333 g/mol. The number of thiophene rings is 1. The van der Waals surface area contributed by atoms with Crippen molar-refractivity contribution in [1.29, 1.82) is 0 Å². The van der Waals surface area contributed by atoms with Gasteiger partial charge in [-0.05, 0) is 34.0 Å². The van der Waals surface area contributed by atoms with E-state index in [1.807, 2.05) is 18.5 Å². The van der Waals surface area contributed by atoms with E-state index in [0.29, 0.717) is 5.69 Å². The van der Waals surface area contributed by atoms with E-state index in [-0.39, 0.29) is 5.91 Å². The average Bonchev–Trinajstić information content (AvgIpc) is 2.75. The van der Waals surface area contributed by atoms with Crippen LogP contribution in [-0.2, 0) is 7.05 Å². The van der Waals surface area contributed by atoms with Crippen LogP contribution in [0.25, 0.3) is 0 Å². The molecule has 6 heteroatoms. The Labute approximate surface area is 104 Å². The zero-order valence-corrected chi connectivity index (χ0v) is 10.9. The number of amides is 1. The summed E-state index contributed by atoms with van der Waals surface area (Å²) >= 11 is 3.58. The van der Waals surface area contributed by atoms with E-state index in [1.54, 1.807) is 17.1 Å². The molecule has 2 heterocycles. The van der Waals surface area contributed by atoms with E-state index in [1.165, 1.54) is 11.3 Å². The van der Waals surface area contributed by atoms with Gasteiger partial charge in [-0.1, -0.05) is 0 Å². The quantitative estimate of drug-likeness (QED) is 0.858. The number of aromatic nitrogens is 2. The van der Waals surface area contributed by atoms with E-state index >= 15 is 0 Å². The summed E-state index contributed by atoms with van der Waals surface area (Å²) < 4.78 is 2.62. The minimum atomic E-state index is -0.0811. The van der Waals surface area contributed by atoms with Crippen molar-refractivity contribution < 1.29 is 4.79 Å². The minimum absolute atomic E-state index is 0.0811. The second-order valence-electron chi connectivity index (χ2n) is 2.95. The fourth-order valence-corrected chi connectivity index (χ4v) is 2.86. The van der Waals surface area contributed by atoms with Crippen molar-refractivity contribution in [3.05, 3.63) is 32.3 Å². The molecule has 0 aliphatic rings. The van der Waals surface area contributed by atoms with Crippen LogP contribution in [0.5, 0.6) is 0 Å². The number of halogens is 1. The van der Waals surface area contributed by atoms with Crippen LogP contribution in [-0.4, -0.2) is 15.7 Å². The molecular formula is C9H8IN3OS. The Kier molecular flexibility index (Phi) is 3.06. The number of nitrogens with zero attached hydrogens (tertiary/aromatic N) is 2. The lowest BCUT2D eigenvalue weighted by molar-refractivity contribution is 0.103. The van der Waals surface area contributed by atoms with Crippen molar-refractivity contribution >= 4 is 45.5 Å². The lowest BCUT2D eigenvalue weighted by Crippen LogP contribution is -2.10. The fraction of sp³-hybridized carbons (Fsp3) is 0.111. The first-order valence-electron chi connectivity index (χ1n) is 4.20. The first-order valence-corrected chi connectivity index (χ1v) is 6.15. The minimum Gasteiger partial charge on any atom is -0.319 e. The van der Waals surface area contributed by atoms with Gasteiger partial charge in [0.25, 0.3) is 5.91 Å². The summed E-state index contributed by atoms with van der Waals surface area (Å²) in [5, 5.41) is 8.67. The van der Waals surface area contributed by atoms with Crippen LogP contribution in [0.15, 0.2) is 23.8 Å². The number of carbonyl (C=O) groups excluding carboxylic acids is 1. The Hall–Kier alpha value is -0.890. The number of hydrogen-bond donors (Lipinski definition) is 1. The molecule has 0 atom stereocenters. The lowest BCUT2D eigenvalue weighted by Gasteiger charge is -1.99. The van der Waals surface area contributed by atoms with E-state index in [2.05, 4.69) is 33.0 Å². The highest BCUT2D eigenvalue weighted by Crippen LogP contribution is 2.20. The van der Waals surface area contributed by atoms with Crippen LogP contribution in [0.1, 0.15) is 9.67 Å². The molecule has 0 aliphatic heterocycles. The lowest BCUT2D eigenvalue weighted by atomic mass is 10.4. The molecule has 0 aromatic carbocycles. The summed E-state index contributed by atoms with van der Waals surface area (Å²) in [6.07, 6.45) is 3.39. The molecule has 0 saturated heterocycles. The van der Waals surface area contributed by atoms with Gasteiger partial charge in [0.1, 0.15) is 4.88 Å². The second-order valence-corrected chi connectivity index (χ2v) is 5.03. The van der Waals surface area contributed by atoms with Gasteiger partial charge in [0.05, 0.1) is 11.9 Å². The van der Waals surface area contributed by atoms with Crippen LogP contribution in [0.4, 0.5) is 5.69 Å². The molecule has 0 fully saturated rings. The molecule has 0 aliphatic carbocycles. The molecule has 2 aromatic rings. The van der Waals surface area contributed by atoms with Gasteiger partial charge in [-0.2, -0.15) is 5.10 Å². The molecule has 1 N–H and O–H groups in total. The van der Waals surface area contributed by atoms with Gasteiger partial charge in [0, 0.05) is 16.8 Å². The molecule has 0 unspecified atom stereocenters. The maximum absolute atomic E-state index is 11.8. The van der Waals surface area contributed by atoms with Crippen molar-refractivity contribution in [2.24, 2.45) is 7.05 Å². The standard InChI is InChI=1S/C9H8IN3OS/c1-13-5-6(4-11-13)12-9(14)8-7(10)2-3-15-8/h2-5H,1H3,(H,12,14). The number of nitrogens with one attached hydrogen (secondary N) is 1. The maximum atomic E-state index is 11.8. The van der Waals surface area contributed by atoms with Crippen molar-refractivity contribution in [3.8, 4) is 0 Å². The van der Waals surface area contributed by atoms with E-state index < -0.39 is 0 Å². The highest BCUT2D eigenvalue weighted by molar-refractivity contribution is 14.1. The third kappa shape index (κ3) is 2.37. The van der Waals surface area contributed by atoms with Crippen LogP contribution < -0.4 is 5.32 Å². The topological polar surface area (TPSA) is 46.9 Å². The third-order valence-corrected chi connectivity index (χ3v) is 3.96. The fourth-order valence-electron chi connectivity index (χ4n) is 1.13. The molecule has 1 amide bonds. The predicted molar refractivity (Wildman–Crippen MR) is 68.2 cm³/mol. The van der Waals surface area contributed by atoms with Crippen LogP contribution in [0, 0.1) is 3.57 Å². The summed E-state index contributed by atoms with van der Waals surface area (Å²) in [5.74, 6) is -0.0811. The van der Waals surface area contributed by atoms with Crippen molar-refractivity contribution in [2.45, 2.75) is 0 Å². The van der Waals surface area contributed by atoms with E-state index in [4.69, 9.17) is 0 Å². The third-order valence-electron chi connectivity index (χ3n) is 1.79. The number of rotatable bonds is 2. The number of anilines is 1. The van der Waals surface area contributed by atoms with Gasteiger partial charge in [0.15, 0.2) is 0 Å². The monoisotopic (exact) mass is 333 g/mol. The van der Waals surface area contributed by atoms with Gasteiger partial charge >= 0.3 is 0 Å². The summed E-state index contributed by atoms with van der Waals surface area (Å²) in [6.45, 7) is 0. The number of aryl methyl sites for hydroxylation is 1. The Morgan fingerprint density at radius 3 is 3.00 bits per heavy atom. The maximum Gasteiger partial charge on any atom is 0.266 e. The zero-order chi connectivity index (χ0) is 10.8. The molecule has 15 heavy (non-hydrogen) atoms. The zero-order valence-electron chi connectivity index (χ0n) is 7.90. The molecule has 0 saturated carbocycles. The van der Waals surface area contributed by atoms with Crippen LogP contribution in [0.3, 0.4) is 0 Å². The molecule has 2 aromatic heterocycles. The van der Waals surface area contributed by atoms with E-state index in [0.717, 1.165) is 8.45 Å². The van der Waals surface area contributed by atoms with Crippen molar-refractivity contribution in [2.75, 3.05) is 5.32 Å². The molecule has 78 valence electrons. The van der Waals surface area contributed by atoms with Crippen LogP contribution >= 0.6 is 33.9 Å². The highest BCUT2D eigenvalue weighted by Gasteiger charge is 2.11. The predicted octanol–water partition coefficient (Wildman–Crippen LogP) is 2.34. The van der Waals surface area contributed by atoms with E-state index in [9.17, 15) is 4.79 Å². The largest absolute Gasteiger partial charge is 0.319 e. The van der Waals surface area contributed by atoms with Gasteiger partial charge in [-0.3, -0.25) is 9.48 Å². The Morgan fingerprint density at radius 1 is 1.67 bits per heavy atom. The first kappa shape index (κ1) is 10.6. The van der Waals surface area contributed by atoms with Crippen molar-refractivity contribution in [3.63, 3.8) is 0 Å². The van der Waals surface area contributed by atoms with Gasteiger partial charge < -0.3 is 5.32 Å². The summed E-state index contributed by atoms with van der Waals surface area (Å²) in [7, 11) is 1.81. The Morgan fingerprint density at radius 2 is 2.47 bits per heavy atom. The molecular weight excluding hydrogens is 325 g/mol. The summed E-state index contributed by atoms with van der Waals surface area (Å²) in [6, 6.07) is 1.92. The molecule has 0 radical (unpaired) electrons. The number of hydrogen-bond acceptors (Lipinski definition) is 3. The number of carbonyl (C=O) groups is 1. The van der Waals surface area contributed by atoms with Gasteiger partial charge in [-0.15, -0.1) is 11.3 Å². The second kappa shape index (κ2) is 4.31. The normalized spacial score (nSPS) is 10.3. The molecule has 0 spiro atoms. The Balaban J connectivity index is 2.14. The Bertz CT molecular complexity index is 491. The SMILES string of the molecule is Cn1cc(NC(=O)c2sccc2I)cn1. The van der Waals surface area contributed by atoms with Crippen LogP contribution in [0.2, 0.25) is 0 Å².